The number of aryl methyl sites for hydroxylation is 1. The molecule has 1 aliphatic heterocycles. The second-order valence-electron chi connectivity index (χ2n) is 6.04. The van der Waals surface area contributed by atoms with Gasteiger partial charge in [0.2, 0.25) is 5.91 Å². The number of sulfonamides is 1. The topological polar surface area (TPSA) is 80.8 Å². The van der Waals surface area contributed by atoms with E-state index in [0.29, 0.717) is 9.87 Å². The van der Waals surface area contributed by atoms with Crippen LogP contribution >= 0.6 is 0 Å². The van der Waals surface area contributed by atoms with Crippen molar-refractivity contribution in [3.63, 3.8) is 0 Å². The van der Waals surface area contributed by atoms with Gasteiger partial charge in [-0.05, 0) is 31.5 Å². The minimum absolute atomic E-state index is 0.0303. The standard InChI is InChI=1S/C19H19NO5S/c1-3-25-19(22)17-16(14-7-5-4-6-8-14)18(21)20(17)26(23,24)15-11-9-13(2)10-12-15/h4-12,16-17H,3H2,1-2H3/t16-,17-/m1/s1. The summed E-state index contributed by atoms with van der Waals surface area (Å²) in [6, 6.07) is 13.6. The Balaban J connectivity index is 2.01. The molecule has 0 bridgehead atoms. The van der Waals surface area contributed by atoms with Gasteiger partial charge in [0.25, 0.3) is 10.0 Å². The molecule has 0 aromatic heterocycles. The highest BCUT2D eigenvalue weighted by molar-refractivity contribution is 7.89. The second-order valence-corrected chi connectivity index (χ2v) is 7.85. The molecule has 0 saturated carbocycles. The number of hydrogen-bond acceptors (Lipinski definition) is 5. The summed E-state index contributed by atoms with van der Waals surface area (Å²) in [5, 5.41) is 0. The zero-order valence-corrected chi connectivity index (χ0v) is 15.3. The quantitative estimate of drug-likeness (QED) is 0.593. The smallest absolute Gasteiger partial charge is 0.331 e. The minimum Gasteiger partial charge on any atom is -0.464 e. The Labute approximate surface area is 152 Å². The van der Waals surface area contributed by atoms with Gasteiger partial charge in [0.05, 0.1) is 17.4 Å². The van der Waals surface area contributed by atoms with Crippen molar-refractivity contribution in [3.8, 4) is 0 Å². The third kappa shape index (κ3) is 2.99. The molecule has 1 heterocycles. The number of amides is 1. The fraction of sp³-hybridized carbons (Fsp3) is 0.263. The van der Waals surface area contributed by atoms with E-state index < -0.39 is 33.9 Å². The van der Waals surface area contributed by atoms with Gasteiger partial charge in [-0.2, -0.15) is 0 Å². The van der Waals surface area contributed by atoms with Crippen LogP contribution in [0.4, 0.5) is 0 Å². The first-order valence-electron chi connectivity index (χ1n) is 8.24. The van der Waals surface area contributed by atoms with Gasteiger partial charge >= 0.3 is 5.97 Å². The van der Waals surface area contributed by atoms with E-state index in [0.717, 1.165) is 5.56 Å². The molecule has 2 aromatic rings. The third-order valence-electron chi connectivity index (χ3n) is 4.32. The third-order valence-corrected chi connectivity index (χ3v) is 6.11. The molecule has 1 saturated heterocycles. The van der Waals surface area contributed by atoms with Crippen molar-refractivity contribution in [1.29, 1.82) is 0 Å². The normalized spacial score (nSPS) is 19.8. The van der Waals surface area contributed by atoms with E-state index in [1.165, 1.54) is 12.1 Å². The molecular weight excluding hydrogens is 354 g/mol. The maximum Gasteiger partial charge on any atom is 0.331 e. The zero-order valence-electron chi connectivity index (χ0n) is 14.5. The summed E-state index contributed by atoms with van der Waals surface area (Å²) < 4.78 is 31.5. The Morgan fingerprint density at radius 1 is 1.08 bits per heavy atom. The summed E-state index contributed by atoms with van der Waals surface area (Å²) in [4.78, 5) is 25.1. The van der Waals surface area contributed by atoms with Gasteiger partial charge in [0.15, 0.2) is 6.04 Å². The summed E-state index contributed by atoms with van der Waals surface area (Å²) in [6.07, 6.45) is 0. The van der Waals surface area contributed by atoms with Crippen molar-refractivity contribution in [1.82, 2.24) is 4.31 Å². The predicted octanol–water partition coefficient (Wildman–Crippen LogP) is 2.24. The molecule has 136 valence electrons. The number of rotatable bonds is 5. The van der Waals surface area contributed by atoms with Crippen molar-refractivity contribution in [2.75, 3.05) is 6.61 Å². The van der Waals surface area contributed by atoms with Crippen LogP contribution in [0, 0.1) is 6.92 Å². The molecule has 1 amide bonds. The lowest BCUT2D eigenvalue weighted by molar-refractivity contribution is -0.162. The first-order chi connectivity index (χ1) is 12.4. The lowest BCUT2D eigenvalue weighted by atomic mass is 9.84. The fourth-order valence-corrected chi connectivity index (χ4v) is 4.56. The summed E-state index contributed by atoms with van der Waals surface area (Å²) in [5.41, 5.74) is 1.48. The number of carbonyl (C=O) groups excluding carboxylic acids is 2. The molecule has 2 atom stereocenters. The largest absolute Gasteiger partial charge is 0.464 e. The van der Waals surface area contributed by atoms with Crippen LogP contribution in [0.2, 0.25) is 0 Å². The Kier molecular flexibility index (Phi) is 4.82. The number of β-lactam (4-membered cyclic amide) rings is 1. The SMILES string of the molecule is CCOC(=O)[C@H]1[C@@H](c2ccccc2)C(=O)N1S(=O)(=O)c1ccc(C)cc1. The van der Waals surface area contributed by atoms with E-state index >= 15 is 0 Å². The number of esters is 1. The highest BCUT2D eigenvalue weighted by Gasteiger charge is 2.58. The minimum atomic E-state index is -4.14. The van der Waals surface area contributed by atoms with E-state index in [1.54, 1.807) is 49.4 Å². The Morgan fingerprint density at radius 3 is 2.27 bits per heavy atom. The van der Waals surface area contributed by atoms with Crippen molar-refractivity contribution in [3.05, 3.63) is 65.7 Å². The predicted molar refractivity (Wildman–Crippen MR) is 94.8 cm³/mol. The number of ether oxygens (including phenoxy) is 1. The van der Waals surface area contributed by atoms with Gasteiger partial charge in [-0.1, -0.05) is 48.0 Å². The van der Waals surface area contributed by atoms with E-state index in [1.807, 2.05) is 6.92 Å². The lowest BCUT2D eigenvalue weighted by Crippen LogP contribution is -2.64. The maximum absolute atomic E-state index is 12.9. The molecule has 1 aliphatic rings. The van der Waals surface area contributed by atoms with Crippen LogP contribution in [0.3, 0.4) is 0 Å². The molecule has 0 spiro atoms. The van der Waals surface area contributed by atoms with Gasteiger partial charge in [0, 0.05) is 0 Å². The van der Waals surface area contributed by atoms with Gasteiger partial charge in [0.1, 0.15) is 0 Å². The van der Waals surface area contributed by atoms with Gasteiger partial charge < -0.3 is 4.74 Å². The molecule has 0 aliphatic carbocycles. The molecule has 7 heteroatoms. The summed E-state index contributed by atoms with van der Waals surface area (Å²) in [7, 11) is -4.14. The van der Waals surface area contributed by atoms with E-state index in [4.69, 9.17) is 4.74 Å². The maximum atomic E-state index is 12.9. The average Bonchev–Trinajstić information content (AvgIpc) is 2.60. The first kappa shape index (κ1) is 18.1. The number of carbonyl (C=O) groups is 2. The van der Waals surface area contributed by atoms with Crippen LogP contribution in [-0.2, 0) is 24.3 Å². The highest BCUT2D eigenvalue weighted by Crippen LogP contribution is 2.40. The van der Waals surface area contributed by atoms with Crippen LogP contribution in [-0.4, -0.2) is 37.2 Å². The summed E-state index contributed by atoms with van der Waals surface area (Å²) >= 11 is 0. The Bertz CT molecular complexity index is 922. The molecule has 2 aromatic carbocycles. The van der Waals surface area contributed by atoms with Crippen molar-refractivity contribution >= 4 is 21.9 Å². The van der Waals surface area contributed by atoms with Gasteiger partial charge in [-0.3, -0.25) is 4.79 Å². The average molecular weight is 373 g/mol. The molecule has 0 N–H and O–H groups in total. The first-order valence-corrected chi connectivity index (χ1v) is 9.68. The molecular formula is C19H19NO5S. The second kappa shape index (κ2) is 6.92. The van der Waals surface area contributed by atoms with Crippen LogP contribution in [0.15, 0.2) is 59.5 Å². The van der Waals surface area contributed by atoms with E-state index in [9.17, 15) is 18.0 Å². The zero-order chi connectivity index (χ0) is 18.9. The lowest BCUT2D eigenvalue weighted by Gasteiger charge is -2.44. The number of nitrogens with zero attached hydrogens (tertiary/aromatic N) is 1. The van der Waals surface area contributed by atoms with Crippen LogP contribution in [0.5, 0.6) is 0 Å². The van der Waals surface area contributed by atoms with Gasteiger partial charge in [-0.15, -0.1) is 0 Å². The van der Waals surface area contributed by atoms with Crippen LogP contribution in [0.25, 0.3) is 0 Å². The van der Waals surface area contributed by atoms with Crippen molar-refractivity contribution in [2.24, 2.45) is 0 Å². The molecule has 6 nitrogen and oxygen atoms in total. The molecule has 0 radical (unpaired) electrons. The highest BCUT2D eigenvalue weighted by atomic mass is 32.2. The summed E-state index contributed by atoms with van der Waals surface area (Å²) in [5.74, 6) is -2.22. The molecule has 1 fully saturated rings. The monoisotopic (exact) mass is 373 g/mol. The van der Waals surface area contributed by atoms with Crippen molar-refractivity contribution < 1.29 is 22.7 Å². The van der Waals surface area contributed by atoms with Crippen LogP contribution < -0.4 is 0 Å². The van der Waals surface area contributed by atoms with E-state index in [-0.39, 0.29) is 11.5 Å². The molecule has 3 rings (SSSR count). The van der Waals surface area contributed by atoms with Gasteiger partial charge in [-0.25, -0.2) is 17.5 Å². The number of benzene rings is 2. The van der Waals surface area contributed by atoms with E-state index in [2.05, 4.69) is 0 Å². The summed E-state index contributed by atoms with van der Waals surface area (Å²) in [6.45, 7) is 3.57. The number of hydrogen-bond donors (Lipinski definition) is 0. The van der Waals surface area contributed by atoms with Crippen LogP contribution in [0.1, 0.15) is 24.0 Å². The van der Waals surface area contributed by atoms with Crippen molar-refractivity contribution in [2.45, 2.75) is 30.7 Å². The Hall–Kier alpha value is -2.67. The molecule has 26 heavy (non-hydrogen) atoms. The molecule has 0 unspecified atom stereocenters. The fourth-order valence-electron chi connectivity index (χ4n) is 3.00. The Morgan fingerprint density at radius 2 is 1.69 bits per heavy atom.